The number of H-pyrrole nitrogens is 1. The van der Waals surface area contributed by atoms with Gasteiger partial charge in [-0.3, -0.25) is 19.2 Å². The number of alkyl halides is 1. The number of aromatic nitrogens is 2. The number of nitrogens with zero attached hydrogens (tertiary/aromatic N) is 1. The molecule has 0 aliphatic rings. The molecule has 2 atom stereocenters. The fourth-order valence-corrected chi connectivity index (χ4v) is 1.75. The average molecular weight is 328 g/mol. The number of rotatable bonds is 9. The molecule has 10 heteroatoms. The summed E-state index contributed by atoms with van der Waals surface area (Å²) in [7, 11) is 0. The van der Waals surface area contributed by atoms with Crippen LogP contribution in [0.25, 0.3) is 0 Å². The van der Waals surface area contributed by atoms with Crippen LogP contribution < -0.4 is 10.6 Å². The Morgan fingerprint density at radius 1 is 1.30 bits per heavy atom. The van der Waals surface area contributed by atoms with E-state index in [1.165, 1.54) is 12.4 Å². The van der Waals surface area contributed by atoms with Crippen LogP contribution in [0.4, 0.5) is 4.39 Å². The molecular weight excluding hydrogens is 311 g/mol. The summed E-state index contributed by atoms with van der Waals surface area (Å²) in [6, 6.07) is -2.50. The quantitative estimate of drug-likeness (QED) is 0.478. The Labute approximate surface area is 130 Å². The Balaban J connectivity index is 2.72. The zero-order chi connectivity index (χ0) is 17.4. The van der Waals surface area contributed by atoms with E-state index in [0.717, 1.165) is 0 Å². The highest BCUT2D eigenvalue weighted by Gasteiger charge is 2.27. The molecule has 9 nitrogen and oxygen atoms in total. The van der Waals surface area contributed by atoms with E-state index in [1.807, 2.05) is 0 Å². The van der Waals surface area contributed by atoms with Gasteiger partial charge in [0.25, 0.3) is 5.91 Å². The first kappa shape index (κ1) is 18.3. The number of hydrogen-bond acceptors (Lipinski definition) is 5. The van der Waals surface area contributed by atoms with Crippen molar-refractivity contribution in [2.24, 2.45) is 0 Å². The molecular formula is C13H17FN4O5. The molecule has 0 saturated heterocycles. The molecule has 0 fully saturated rings. The van der Waals surface area contributed by atoms with Gasteiger partial charge in [0, 0.05) is 12.4 Å². The number of aliphatic carboxylic acids is 1. The Kier molecular flexibility index (Phi) is 6.84. The number of Topliss-reactive ketones (excluding diaryl/α,β-unsaturated/α-hetero) is 1. The van der Waals surface area contributed by atoms with Crippen molar-refractivity contribution in [2.45, 2.75) is 31.8 Å². The summed E-state index contributed by atoms with van der Waals surface area (Å²) >= 11 is 0. The second-order valence-corrected chi connectivity index (χ2v) is 4.63. The van der Waals surface area contributed by atoms with Gasteiger partial charge in [0.15, 0.2) is 11.6 Å². The van der Waals surface area contributed by atoms with Crippen LogP contribution in [-0.2, 0) is 14.4 Å². The highest BCUT2D eigenvalue weighted by atomic mass is 19.1. The lowest BCUT2D eigenvalue weighted by Crippen LogP contribution is -2.52. The minimum absolute atomic E-state index is 0.00169. The zero-order valence-electron chi connectivity index (χ0n) is 12.3. The molecule has 0 radical (unpaired) electrons. The summed E-state index contributed by atoms with van der Waals surface area (Å²) in [4.78, 5) is 52.2. The van der Waals surface area contributed by atoms with Crippen molar-refractivity contribution < 1.29 is 28.7 Å². The first-order valence-corrected chi connectivity index (χ1v) is 6.80. The van der Waals surface area contributed by atoms with Crippen molar-refractivity contribution in [3.8, 4) is 0 Å². The van der Waals surface area contributed by atoms with Crippen LogP contribution in [0.3, 0.4) is 0 Å². The number of halogens is 1. The van der Waals surface area contributed by atoms with Gasteiger partial charge >= 0.3 is 5.97 Å². The molecule has 23 heavy (non-hydrogen) atoms. The van der Waals surface area contributed by atoms with Gasteiger partial charge in [-0.25, -0.2) is 9.37 Å². The van der Waals surface area contributed by atoms with Gasteiger partial charge in [0.05, 0.1) is 6.42 Å². The third-order valence-corrected chi connectivity index (χ3v) is 2.96. The number of carboxylic acids is 1. The lowest BCUT2D eigenvalue weighted by atomic mass is 10.1. The molecule has 1 heterocycles. The number of amides is 2. The Morgan fingerprint density at radius 3 is 2.48 bits per heavy atom. The molecule has 126 valence electrons. The predicted molar refractivity (Wildman–Crippen MR) is 75.3 cm³/mol. The maximum Gasteiger partial charge on any atom is 0.305 e. The van der Waals surface area contributed by atoms with E-state index in [-0.39, 0.29) is 12.2 Å². The number of carbonyl (C=O) groups excluding carboxylic acids is 3. The van der Waals surface area contributed by atoms with Crippen LogP contribution in [-0.4, -0.2) is 57.4 Å². The number of carbonyl (C=O) groups is 4. The first-order chi connectivity index (χ1) is 10.9. The number of imidazole rings is 1. The van der Waals surface area contributed by atoms with Gasteiger partial charge in [-0.1, -0.05) is 6.92 Å². The average Bonchev–Trinajstić information content (AvgIpc) is 3.04. The molecule has 4 N–H and O–H groups in total. The summed E-state index contributed by atoms with van der Waals surface area (Å²) in [5.74, 6) is -3.82. The maximum atomic E-state index is 12.4. The van der Waals surface area contributed by atoms with E-state index in [9.17, 15) is 23.6 Å². The van der Waals surface area contributed by atoms with Gasteiger partial charge in [-0.05, 0) is 6.42 Å². The minimum atomic E-state index is -1.49. The molecule has 0 aromatic carbocycles. The van der Waals surface area contributed by atoms with Crippen molar-refractivity contribution in [3.05, 3.63) is 18.2 Å². The summed E-state index contributed by atoms with van der Waals surface area (Å²) < 4.78 is 12.4. The van der Waals surface area contributed by atoms with E-state index in [4.69, 9.17) is 5.11 Å². The lowest BCUT2D eigenvalue weighted by Gasteiger charge is -2.20. The van der Waals surface area contributed by atoms with Gasteiger partial charge in [0.1, 0.15) is 18.8 Å². The summed E-state index contributed by atoms with van der Waals surface area (Å²) in [5, 5.41) is 13.2. The highest BCUT2D eigenvalue weighted by Crippen LogP contribution is 2.00. The van der Waals surface area contributed by atoms with E-state index >= 15 is 0 Å². The van der Waals surface area contributed by atoms with Crippen LogP contribution in [0, 0.1) is 0 Å². The summed E-state index contributed by atoms with van der Waals surface area (Å²) in [6.07, 6.45) is 2.23. The van der Waals surface area contributed by atoms with Crippen molar-refractivity contribution in [1.82, 2.24) is 20.6 Å². The van der Waals surface area contributed by atoms with Gasteiger partial charge < -0.3 is 20.7 Å². The number of hydrogen-bond donors (Lipinski definition) is 4. The fourth-order valence-electron chi connectivity index (χ4n) is 1.75. The highest BCUT2D eigenvalue weighted by molar-refractivity contribution is 5.97. The molecule has 1 rings (SSSR count). The smallest absolute Gasteiger partial charge is 0.305 e. The van der Waals surface area contributed by atoms with E-state index in [0.29, 0.717) is 0 Å². The second kappa shape index (κ2) is 8.61. The Morgan fingerprint density at radius 2 is 2.00 bits per heavy atom. The second-order valence-electron chi connectivity index (χ2n) is 4.63. The van der Waals surface area contributed by atoms with Gasteiger partial charge in [0.2, 0.25) is 5.91 Å². The molecule has 2 amide bonds. The van der Waals surface area contributed by atoms with Crippen LogP contribution in [0.5, 0.6) is 0 Å². The molecule has 1 aromatic rings. The number of carboxylic acid groups (broad SMARTS) is 1. The summed E-state index contributed by atoms with van der Waals surface area (Å²) in [5.41, 5.74) is 0. The van der Waals surface area contributed by atoms with Crippen molar-refractivity contribution in [2.75, 3.05) is 6.67 Å². The molecule has 0 aliphatic heterocycles. The van der Waals surface area contributed by atoms with Crippen LogP contribution in [0.2, 0.25) is 0 Å². The zero-order valence-corrected chi connectivity index (χ0v) is 12.3. The van der Waals surface area contributed by atoms with Crippen molar-refractivity contribution >= 4 is 23.6 Å². The normalized spacial score (nSPS) is 13.0. The minimum Gasteiger partial charge on any atom is -0.481 e. The maximum absolute atomic E-state index is 12.4. The molecule has 0 aliphatic carbocycles. The summed E-state index contributed by atoms with van der Waals surface area (Å²) in [6.45, 7) is 0.212. The molecule has 1 aromatic heterocycles. The lowest BCUT2D eigenvalue weighted by molar-refractivity contribution is -0.140. The molecule has 2 unspecified atom stereocenters. The number of ketones is 1. The Bertz CT molecular complexity index is 575. The SMILES string of the molecule is CCC(NC(=O)c1ncc[nH]1)C(=O)NC(CC(=O)O)C(=O)CF. The van der Waals surface area contributed by atoms with Crippen molar-refractivity contribution in [3.63, 3.8) is 0 Å². The van der Waals surface area contributed by atoms with Gasteiger partial charge in [-0.2, -0.15) is 0 Å². The van der Waals surface area contributed by atoms with Crippen LogP contribution in [0.1, 0.15) is 30.4 Å². The molecule has 0 saturated carbocycles. The van der Waals surface area contributed by atoms with Crippen LogP contribution >= 0.6 is 0 Å². The topological polar surface area (TPSA) is 141 Å². The van der Waals surface area contributed by atoms with Crippen LogP contribution in [0.15, 0.2) is 12.4 Å². The predicted octanol–water partition coefficient (Wildman–Crippen LogP) is -0.584. The van der Waals surface area contributed by atoms with Crippen molar-refractivity contribution in [1.29, 1.82) is 0 Å². The standard InChI is InChI=1S/C13H17FN4O5/c1-2-7(17-13(23)11-15-3-4-16-11)12(22)18-8(5-10(20)21)9(19)6-14/h3-4,7-8H,2,5-6H2,1H3,(H,15,16)(H,17,23)(H,18,22)(H,20,21). The van der Waals surface area contributed by atoms with E-state index in [1.54, 1.807) is 6.92 Å². The number of aromatic amines is 1. The first-order valence-electron chi connectivity index (χ1n) is 6.80. The van der Waals surface area contributed by atoms with E-state index < -0.39 is 48.7 Å². The molecule has 0 bridgehead atoms. The largest absolute Gasteiger partial charge is 0.481 e. The molecule has 0 spiro atoms. The van der Waals surface area contributed by atoms with Gasteiger partial charge in [-0.15, -0.1) is 0 Å². The van der Waals surface area contributed by atoms with E-state index in [2.05, 4.69) is 20.6 Å². The Hall–Kier alpha value is -2.78. The number of nitrogens with one attached hydrogen (secondary N) is 3. The third kappa shape index (κ3) is 5.49. The third-order valence-electron chi connectivity index (χ3n) is 2.96. The fraction of sp³-hybridized carbons (Fsp3) is 0.462. The monoisotopic (exact) mass is 328 g/mol.